The molecule has 2 heterocycles. The first-order chi connectivity index (χ1) is 15.0. The van der Waals surface area contributed by atoms with Gasteiger partial charge in [0.1, 0.15) is 11.6 Å². The molecule has 2 aromatic carbocycles. The molecule has 4 aromatic rings. The largest absolute Gasteiger partial charge is 0.497 e. The molecule has 7 nitrogen and oxygen atoms in total. The van der Waals surface area contributed by atoms with Crippen LogP contribution in [0.2, 0.25) is 5.02 Å². The number of benzene rings is 2. The van der Waals surface area contributed by atoms with E-state index in [4.69, 9.17) is 16.3 Å². The third kappa shape index (κ3) is 4.32. The van der Waals surface area contributed by atoms with Crippen LogP contribution in [-0.2, 0) is 6.54 Å². The molecule has 0 bridgehead atoms. The first kappa shape index (κ1) is 20.7. The Balaban J connectivity index is 1.48. The number of hydrogen-bond acceptors (Lipinski definition) is 4. The van der Waals surface area contributed by atoms with Gasteiger partial charge in [-0.05, 0) is 68.4 Å². The Morgan fingerprint density at radius 2 is 1.81 bits per heavy atom. The third-order valence-electron chi connectivity index (χ3n) is 5.02. The van der Waals surface area contributed by atoms with E-state index in [1.54, 1.807) is 19.2 Å². The lowest BCUT2D eigenvalue weighted by molar-refractivity contribution is 0.0950. The van der Waals surface area contributed by atoms with E-state index >= 15 is 0 Å². The summed E-state index contributed by atoms with van der Waals surface area (Å²) in [5.41, 5.74) is 4.30. The number of methoxy groups -OCH3 is 1. The topological polar surface area (TPSA) is 84.8 Å². The number of aromatic nitrogens is 4. The third-order valence-corrected chi connectivity index (χ3v) is 5.35. The van der Waals surface area contributed by atoms with Crippen LogP contribution in [0.3, 0.4) is 0 Å². The van der Waals surface area contributed by atoms with Crippen molar-refractivity contribution in [3.63, 3.8) is 0 Å². The molecule has 0 spiro atoms. The number of amides is 1. The predicted molar refractivity (Wildman–Crippen MR) is 120 cm³/mol. The molecule has 4 rings (SSSR count). The number of nitrogens with one attached hydrogen (secondary N) is 2. The van der Waals surface area contributed by atoms with Gasteiger partial charge in [0, 0.05) is 22.6 Å². The van der Waals surface area contributed by atoms with Crippen molar-refractivity contribution in [2.24, 2.45) is 0 Å². The molecule has 158 valence electrons. The molecule has 1 amide bonds. The molecule has 0 atom stereocenters. The number of halogens is 1. The minimum atomic E-state index is -0.281. The Morgan fingerprint density at radius 3 is 2.48 bits per heavy atom. The molecule has 0 saturated carbocycles. The monoisotopic (exact) mass is 435 g/mol. The van der Waals surface area contributed by atoms with E-state index in [9.17, 15) is 4.79 Å². The minimum absolute atomic E-state index is 0.199. The van der Waals surface area contributed by atoms with Crippen LogP contribution in [-0.4, -0.2) is 32.8 Å². The van der Waals surface area contributed by atoms with E-state index in [2.05, 4.69) is 25.1 Å². The van der Waals surface area contributed by atoms with Crippen LogP contribution in [0.15, 0.2) is 54.6 Å². The Hall–Kier alpha value is -3.58. The number of H-pyrrole nitrogens is 1. The van der Waals surface area contributed by atoms with Crippen LogP contribution in [0.4, 0.5) is 0 Å². The SMILES string of the molecule is COc1ccc(-c2n[nH]c(CNC(=O)c3cc(-n4c(C)ccc4C)ccc3Cl)n2)cc1. The average molecular weight is 436 g/mol. The Kier molecular flexibility index (Phi) is 5.77. The second-order valence-electron chi connectivity index (χ2n) is 7.13. The van der Waals surface area contributed by atoms with E-state index in [1.807, 2.05) is 56.3 Å². The summed E-state index contributed by atoms with van der Waals surface area (Å²) < 4.78 is 7.24. The van der Waals surface area contributed by atoms with Gasteiger partial charge < -0.3 is 14.6 Å². The minimum Gasteiger partial charge on any atom is -0.497 e. The van der Waals surface area contributed by atoms with Crippen LogP contribution < -0.4 is 10.1 Å². The smallest absolute Gasteiger partial charge is 0.253 e. The molecule has 0 fully saturated rings. The maximum Gasteiger partial charge on any atom is 0.253 e. The Bertz CT molecular complexity index is 1210. The molecule has 0 radical (unpaired) electrons. The van der Waals surface area contributed by atoms with Gasteiger partial charge in [0.05, 0.1) is 24.2 Å². The van der Waals surface area contributed by atoms with E-state index in [0.29, 0.717) is 22.2 Å². The molecule has 0 unspecified atom stereocenters. The van der Waals surface area contributed by atoms with Crippen LogP contribution in [0, 0.1) is 13.8 Å². The lowest BCUT2D eigenvalue weighted by atomic mass is 10.1. The number of carbonyl (C=O) groups is 1. The standard InChI is InChI=1S/C23H22ClN5O2/c1-14-4-5-15(2)29(14)17-8-11-20(24)19(12-17)23(30)25-13-21-26-22(28-27-21)16-6-9-18(31-3)10-7-16/h4-12H,13H2,1-3H3,(H,25,30)(H,26,27,28). The molecule has 0 aliphatic rings. The number of aromatic amines is 1. The highest BCUT2D eigenvalue weighted by molar-refractivity contribution is 6.33. The Labute approximate surface area is 185 Å². The highest BCUT2D eigenvalue weighted by Crippen LogP contribution is 2.23. The van der Waals surface area contributed by atoms with E-state index in [-0.39, 0.29) is 12.5 Å². The number of ether oxygens (including phenoxy) is 1. The fraction of sp³-hybridized carbons (Fsp3) is 0.174. The summed E-state index contributed by atoms with van der Waals surface area (Å²) in [5, 5.41) is 10.3. The quantitative estimate of drug-likeness (QED) is 0.468. The summed E-state index contributed by atoms with van der Waals surface area (Å²) >= 11 is 6.31. The van der Waals surface area contributed by atoms with Crippen molar-refractivity contribution in [2.45, 2.75) is 20.4 Å². The Morgan fingerprint density at radius 1 is 1.10 bits per heavy atom. The van der Waals surface area contributed by atoms with Crippen molar-refractivity contribution >= 4 is 17.5 Å². The predicted octanol–water partition coefficient (Wildman–Crippen LogP) is 4.47. The second kappa shape index (κ2) is 8.65. The van der Waals surface area contributed by atoms with Gasteiger partial charge in [-0.15, -0.1) is 0 Å². The average Bonchev–Trinajstić information content (AvgIpc) is 3.39. The van der Waals surface area contributed by atoms with E-state index in [0.717, 1.165) is 28.4 Å². The molecular weight excluding hydrogens is 414 g/mol. The molecule has 2 N–H and O–H groups in total. The highest BCUT2D eigenvalue weighted by atomic mass is 35.5. The zero-order valence-electron chi connectivity index (χ0n) is 17.4. The number of carbonyl (C=O) groups excluding carboxylic acids is 1. The zero-order chi connectivity index (χ0) is 22.0. The van der Waals surface area contributed by atoms with Gasteiger partial charge in [0.2, 0.25) is 0 Å². The number of nitrogens with zero attached hydrogens (tertiary/aromatic N) is 3. The fourth-order valence-electron chi connectivity index (χ4n) is 3.40. The summed E-state index contributed by atoms with van der Waals surface area (Å²) in [6.45, 7) is 4.24. The summed E-state index contributed by atoms with van der Waals surface area (Å²) in [4.78, 5) is 17.2. The first-order valence-corrected chi connectivity index (χ1v) is 10.1. The number of aryl methyl sites for hydroxylation is 2. The van der Waals surface area contributed by atoms with Crippen molar-refractivity contribution in [1.29, 1.82) is 0 Å². The fourth-order valence-corrected chi connectivity index (χ4v) is 3.61. The van der Waals surface area contributed by atoms with Crippen molar-refractivity contribution in [1.82, 2.24) is 25.1 Å². The van der Waals surface area contributed by atoms with Gasteiger partial charge in [-0.1, -0.05) is 11.6 Å². The van der Waals surface area contributed by atoms with E-state index < -0.39 is 0 Å². The van der Waals surface area contributed by atoms with Gasteiger partial charge in [-0.2, -0.15) is 5.10 Å². The van der Waals surface area contributed by atoms with E-state index in [1.165, 1.54) is 0 Å². The zero-order valence-corrected chi connectivity index (χ0v) is 18.2. The van der Waals surface area contributed by atoms with Gasteiger partial charge in [0.25, 0.3) is 5.91 Å². The van der Waals surface area contributed by atoms with Crippen LogP contribution in [0.5, 0.6) is 5.75 Å². The number of rotatable bonds is 6. The van der Waals surface area contributed by atoms with Gasteiger partial charge in [-0.25, -0.2) is 4.98 Å². The molecule has 0 aliphatic carbocycles. The maximum atomic E-state index is 12.8. The van der Waals surface area contributed by atoms with Gasteiger partial charge >= 0.3 is 0 Å². The lowest BCUT2D eigenvalue weighted by Gasteiger charge is -2.12. The highest BCUT2D eigenvalue weighted by Gasteiger charge is 2.14. The maximum absolute atomic E-state index is 12.8. The van der Waals surface area contributed by atoms with Crippen LogP contribution in [0.1, 0.15) is 27.6 Å². The van der Waals surface area contributed by atoms with Crippen molar-refractivity contribution in [2.75, 3.05) is 7.11 Å². The molecule has 31 heavy (non-hydrogen) atoms. The van der Waals surface area contributed by atoms with Crippen molar-refractivity contribution < 1.29 is 9.53 Å². The van der Waals surface area contributed by atoms with Gasteiger partial charge in [-0.3, -0.25) is 9.89 Å². The normalized spacial score (nSPS) is 10.8. The van der Waals surface area contributed by atoms with Gasteiger partial charge in [0.15, 0.2) is 5.82 Å². The van der Waals surface area contributed by atoms with Crippen molar-refractivity contribution in [3.05, 3.63) is 82.4 Å². The molecular formula is C23H22ClN5O2. The van der Waals surface area contributed by atoms with Crippen LogP contribution in [0.25, 0.3) is 17.1 Å². The van der Waals surface area contributed by atoms with Crippen LogP contribution >= 0.6 is 11.6 Å². The summed E-state index contributed by atoms with van der Waals surface area (Å²) in [7, 11) is 1.62. The molecule has 8 heteroatoms. The summed E-state index contributed by atoms with van der Waals surface area (Å²) in [6.07, 6.45) is 0. The first-order valence-electron chi connectivity index (χ1n) is 9.75. The molecule has 2 aromatic heterocycles. The summed E-state index contributed by atoms with van der Waals surface area (Å²) in [6, 6.07) is 16.9. The summed E-state index contributed by atoms with van der Waals surface area (Å²) in [5.74, 6) is 1.57. The lowest BCUT2D eigenvalue weighted by Crippen LogP contribution is -2.24. The molecule has 0 aliphatic heterocycles. The second-order valence-corrected chi connectivity index (χ2v) is 7.54. The van der Waals surface area contributed by atoms with Crippen molar-refractivity contribution in [3.8, 4) is 22.8 Å². The molecule has 0 saturated heterocycles. The number of hydrogen-bond donors (Lipinski definition) is 2.